The van der Waals surface area contributed by atoms with Crippen LogP contribution in [0.2, 0.25) is 10.2 Å². The summed E-state index contributed by atoms with van der Waals surface area (Å²) in [5.74, 6) is -1.06. The van der Waals surface area contributed by atoms with E-state index in [1.54, 1.807) is 10.6 Å². The Morgan fingerprint density at radius 2 is 2.00 bits per heavy atom. The molecule has 1 amide bonds. The van der Waals surface area contributed by atoms with Crippen molar-refractivity contribution in [3.63, 3.8) is 0 Å². The summed E-state index contributed by atoms with van der Waals surface area (Å²) in [5.41, 5.74) is 1.51. The summed E-state index contributed by atoms with van der Waals surface area (Å²) in [5, 5.41) is 5.27. The van der Waals surface area contributed by atoms with Gasteiger partial charge in [-0.1, -0.05) is 40.6 Å². The standard InChI is InChI=1S/C24H20Cl2F4N6O2S/c1-12-33-36-21-16(31-23(36)39-12)7-8-35(20(21)14-4-3-13(25)9-15(14)27)19(37)10-38-17-5-6-18(32-22(17)26)34(2)11-24(28,29)30/h3-6,9,20H,7-8,10-11H2,1-2H3. The van der Waals surface area contributed by atoms with Crippen molar-refractivity contribution in [2.24, 2.45) is 0 Å². The molecular weight excluding hydrogens is 583 g/mol. The predicted molar refractivity (Wildman–Crippen MR) is 138 cm³/mol. The first kappa shape index (κ1) is 27.4. The lowest BCUT2D eigenvalue weighted by molar-refractivity contribution is -0.135. The Kier molecular flexibility index (Phi) is 7.33. The molecular formula is C24H20Cl2F4N6O2S. The maximum Gasteiger partial charge on any atom is 0.405 e. The number of fused-ring (bicyclic) bond motifs is 3. The second-order valence-corrected chi connectivity index (χ2v) is 10.8. The molecule has 0 saturated heterocycles. The molecule has 0 saturated carbocycles. The Hall–Kier alpha value is -3.16. The van der Waals surface area contributed by atoms with E-state index in [1.807, 2.05) is 6.92 Å². The first-order valence-corrected chi connectivity index (χ1v) is 13.1. The molecule has 0 aliphatic carbocycles. The monoisotopic (exact) mass is 602 g/mol. The largest absolute Gasteiger partial charge is 0.481 e. The lowest BCUT2D eigenvalue weighted by Crippen LogP contribution is -2.43. The Morgan fingerprint density at radius 1 is 1.23 bits per heavy atom. The van der Waals surface area contributed by atoms with Crippen molar-refractivity contribution in [1.29, 1.82) is 0 Å². The second kappa shape index (κ2) is 10.4. The molecule has 0 radical (unpaired) electrons. The number of carbonyl (C=O) groups excluding carboxylic acids is 1. The number of hydrogen-bond donors (Lipinski definition) is 0. The third kappa shape index (κ3) is 5.61. The van der Waals surface area contributed by atoms with Gasteiger partial charge < -0.3 is 14.5 Å². The molecule has 8 nitrogen and oxygen atoms in total. The highest BCUT2D eigenvalue weighted by Gasteiger charge is 2.38. The van der Waals surface area contributed by atoms with Gasteiger partial charge >= 0.3 is 6.18 Å². The maximum atomic E-state index is 15.2. The van der Waals surface area contributed by atoms with E-state index in [1.165, 1.54) is 47.5 Å². The number of ether oxygens (including phenoxy) is 1. The predicted octanol–water partition coefficient (Wildman–Crippen LogP) is 5.49. The summed E-state index contributed by atoms with van der Waals surface area (Å²) >= 11 is 13.5. The quantitative estimate of drug-likeness (QED) is 0.214. The maximum absolute atomic E-state index is 15.2. The SMILES string of the molecule is Cc1nn2c3c(nc2s1)CCN(C(=O)COc1ccc(N(C)CC(F)(F)F)nc1Cl)C3c1ccc(Cl)cc1F. The lowest BCUT2D eigenvalue weighted by Gasteiger charge is -2.35. The van der Waals surface area contributed by atoms with Gasteiger partial charge in [-0.2, -0.15) is 18.3 Å². The molecule has 1 atom stereocenters. The van der Waals surface area contributed by atoms with Gasteiger partial charge in [0, 0.05) is 30.6 Å². The van der Waals surface area contributed by atoms with Crippen molar-refractivity contribution in [2.45, 2.75) is 25.6 Å². The van der Waals surface area contributed by atoms with E-state index in [-0.39, 0.29) is 33.9 Å². The summed E-state index contributed by atoms with van der Waals surface area (Å²) in [6.07, 6.45) is -4.00. The van der Waals surface area contributed by atoms with Crippen LogP contribution in [0.25, 0.3) is 4.96 Å². The van der Waals surface area contributed by atoms with Crippen molar-refractivity contribution in [3.05, 3.63) is 68.3 Å². The molecule has 4 heterocycles. The van der Waals surface area contributed by atoms with Crippen molar-refractivity contribution < 1.29 is 27.1 Å². The van der Waals surface area contributed by atoms with Gasteiger partial charge in [0.15, 0.2) is 17.5 Å². The Morgan fingerprint density at radius 3 is 2.69 bits per heavy atom. The number of benzene rings is 1. The third-order valence-electron chi connectivity index (χ3n) is 6.11. The zero-order chi connectivity index (χ0) is 28.1. The highest BCUT2D eigenvalue weighted by molar-refractivity contribution is 7.16. The number of alkyl halides is 3. The highest BCUT2D eigenvalue weighted by Crippen LogP contribution is 2.38. The number of imidazole rings is 1. The summed E-state index contributed by atoms with van der Waals surface area (Å²) in [7, 11) is 1.23. The van der Waals surface area contributed by atoms with Gasteiger partial charge in [0.25, 0.3) is 5.91 Å². The number of pyridine rings is 1. The molecule has 0 N–H and O–H groups in total. The van der Waals surface area contributed by atoms with Crippen LogP contribution in [0.5, 0.6) is 5.75 Å². The molecule has 1 aliphatic rings. The van der Waals surface area contributed by atoms with Crippen molar-refractivity contribution in [2.75, 3.05) is 31.6 Å². The van der Waals surface area contributed by atoms with Crippen molar-refractivity contribution in [1.82, 2.24) is 24.5 Å². The minimum Gasteiger partial charge on any atom is -0.481 e. The smallest absolute Gasteiger partial charge is 0.405 e. The summed E-state index contributed by atoms with van der Waals surface area (Å²) in [4.78, 5) is 25.1. The number of amides is 1. The first-order chi connectivity index (χ1) is 18.4. The van der Waals surface area contributed by atoms with Crippen molar-refractivity contribution in [3.8, 4) is 5.75 Å². The minimum absolute atomic E-state index is 0.0128. The zero-order valence-electron chi connectivity index (χ0n) is 20.5. The number of aromatic nitrogens is 4. The Balaban J connectivity index is 1.41. The van der Waals surface area contributed by atoms with E-state index in [2.05, 4.69) is 15.1 Å². The fraction of sp³-hybridized carbons (Fsp3) is 0.333. The Labute approximate surface area is 233 Å². The summed E-state index contributed by atoms with van der Waals surface area (Å²) < 4.78 is 60.5. The number of carbonyl (C=O) groups is 1. The van der Waals surface area contributed by atoms with Crippen LogP contribution in [0, 0.1) is 12.7 Å². The average Bonchev–Trinajstić information content (AvgIpc) is 3.37. The molecule has 5 rings (SSSR count). The number of anilines is 1. The van der Waals surface area contributed by atoms with Gasteiger partial charge in [0.2, 0.25) is 4.96 Å². The van der Waals surface area contributed by atoms with Crippen LogP contribution in [-0.4, -0.2) is 63.3 Å². The molecule has 1 aromatic carbocycles. The molecule has 206 valence electrons. The zero-order valence-corrected chi connectivity index (χ0v) is 22.8. The van der Waals surface area contributed by atoms with E-state index in [0.29, 0.717) is 22.8 Å². The van der Waals surface area contributed by atoms with E-state index < -0.39 is 37.1 Å². The minimum atomic E-state index is -4.42. The molecule has 0 fully saturated rings. The van der Waals surface area contributed by atoms with E-state index >= 15 is 4.39 Å². The summed E-state index contributed by atoms with van der Waals surface area (Å²) in [6.45, 7) is 0.374. The van der Waals surface area contributed by atoms with Crippen molar-refractivity contribution >= 4 is 51.2 Å². The molecule has 1 aliphatic heterocycles. The molecule has 1 unspecified atom stereocenters. The first-order valence-electron chi connectivity index (χ1n) is 11.6. The van der Waals surface area contributed by atoms with Crippen LogP contribution in [0.4, 0.5) is 23.4 Å². The number of rotatable bonds is 6. The topological polar surface area (TPSA) is 75.9 Å². The van der Waals surface area contributed by atoms with E-state index in [4.69, 9.17) is 27.9 Å². The molecule has 15 heteroatoms. The fourth-order valence-corrected chi connectivity index (χ4v) is 5.60. The van der Waals surface area contributed by atoms with Gasteiger partial charge in [-0.05, 0) is 31.2 Å². The van der Waals surface area contributed by atoms with Gasteiger partial charge in [0.05, 0.1) is 11.4 Å². The molecule has 39 heavy (non-hydrogen) atoms. The van der Waals surface area contributed by atoms with Crippen LogP contribution in [0.1, 0.15) is 28.0 Å². The normalized spacial score (nSPS) is 15.5. The number of hydrogen-bond acceptors (Lipinski definition) is 7. The van der Waals surface area contributed by atoms with Gasteiger partial charge in [-0.15, -0.1) is 0 Å². The van der Waals surface area contributed by atoms with Crippen LogP contribution in [0.3, 0.4) is 0 Å². The number of aryl methyl sites for hydroxylation is 1. The second-order valence-electron chi connectivity index (χ2n) is 8.88. The summed E-state index contributed by atoms with van der Waals surface area (Å²) in [6, 6.07) is 6.04. The molecule has 0 spiro atoms. The number of halogens is 6. The van der Waals surface area contributed by atoms with Gasteiger partial charge in [-0.3, -0.25) is 4.79 Å². The molecule has 4 aromatic rings. The molecule has 3 aromatic heterocycles. The Bertz CT molecular complexity index is 1560. The number of nitrogens with zero attached hydrogens (tertiary/aromatic N) is 6. The lowest BCUT2D eigenvalue weighted by atomic mass is 9.95. The average molecular weight is 603 g/mol. The van der Waals surface area contributed by atoms with Crippen LogP contribution in [0.15, 0.2) is 30.3 Å². The van der Waals surface area contributed by atoms with Crippen LogP contribution < -0.4 is 9.64 Å². The van der Waals surface area contributed by atoms with Crippen LogP contribution >= 0.6 is 34.5 Å². The van der Waals surface area contributed by atoms with Gasteiger partial charge in [0.1, 0.15) is 29.2 Å². The van der Waals surface area contributed by atoms with E-state index in [0.717, 1.165) is 9.91 Å². The van der Waals surface area contributed by atoms with E-state index in [9.17, 15) is 18.0 Å². The third-order valence-corrected chi connectivity index (χ3v) is 7.44. The molecule has 0 bridgehead atoms. The highest BCUT2D eigenvalue weighted by atomic mass is 35.5. The van der Waals surface area contributed by atoms with Crippen LogP contribution in [-0.2, 0) is 11.2 Å². The van der Waals surface area contributed by atoms with Gasteiger partial charge in [-0.25, -0.2) is 18.9 Å². The fourth-order valence-electron chi connectivity index (χ4n) is 4.47.